The van der Waals surface area contributed by atoms with E-state index in [1.54, 1.807) is 0 Å². The Labute approximate surface area is 193 Å². The number of nitrogens with two attached hydrogens (primary N) is 1. The van der Waals surface area contributed by atoms with Crippen molar-refractivity contribution >= 4 is 28.3 Å². The second-order valence-electron chi connectivity index (χ2n) is 8.27. The first-order valence-corrected chi connectivity index (χ1v) is 11.3. The van der Waals surface area contributed by atoms with E-state index in [1.807, 2.05) is 19.1 Å². The number of nitrogen functional groups attached to an aromatic ring is 1. The lowest BCUT2D eigenvalue weighted by Crippen LogP contribution is -2.42. The number of piperazine rings is 1. The summed E-state index contributed by atoms with van der Waals surface area (Å²) in [6, 6.07) is 18.9. The Bertz CT molecular complexity index is 1280. The van der Waals surface area contributed by atoms with Crippen LogP contribution in [0.4, 0.5) is 5.82 Å². The highest BCUT2D eigenvalue weighted by molar-refractivity contribution is 6.31. The third-order valence-corrected chi connectivity index (χ3v) is 6.67. The van der Waals surface area contributed by atoms with E-state index in [4.69, 9.17) is 17.3 Å². The normalized spacial score (nSPS) is 14.7. The minimum atomic E-state index is 0.484. The Morgan fingerprint density at radius 3 is 2.59 bits per heavy atom. The molecule has 5 nitrogen and oxygen atoms in total. The molecule has 4 aromatic rings. The van der Waals surface area contributed by atoms with Crippen LogP contribution in [0.15, 0.2) is 60.9 Å². The predicted molar refractivity (Wildman–Crippen MR) is 133 cm³/mol. The van der Waals surface area contributed by atoms with Gasteiger partial charge in [-0.25, -0.2) is 9.97 Å². The molecule has 32 heavy (non-hydrogen) atoms. The molecule has 1 aliphatic heterocycles. The van der Waals surface area contributed by atoms with Crippen molar-refractivity contribution in [3.8, 4) is 22.3 Å². The van der Waals surface area contributed by atoms with Crippen molar-refractivity contribution in [2.24, 2.45) is 0 Å². The number of hydrogen-bond acceptors (Lipinski definition) is 5. The van der Waals surface area contributed by atoms with Gasteiger partial charge in [-0.2, -0.15) is 0 Å². The number of nitrogens with one attached hydrogen (secondary N) is 1. The van der Waals surface area contributed by atoms with Crippen LogP contribution >= 0.6 is 11.6 Å². The van der Waals surface area contributed by atoms with Crippen molar-refractivity contribution < 1.29 is 0 Å². The van der Waals surface area contributed by atoms with Crippen molar-refractivity contribution in [2.45, 2.75) is 13.5 Å². The number of benzene rings is 3. The average molecular weight is 444 g/mol. The molecule has 0 atom stereocenters. The molecular weight excluding hydrogens is 418 g/mol. The van der Waals surface area contributed by atoms with Crippen LogP contribution in [0, 0.1) is 6.92 Å². The van der Waals surface area contributed by atoms with Crippen LogP contribution in [-0.2, 0) is 6.54 Å². The number of rotatable bonds is 4. The summed E-state index contributed by atoms with van der Waals surface area (Å²) in [4.78, 5) is 11.3. The Morgan fingerprint density at radius 1 is 0.969 bits per heavy atom. The van der Waals surface area contributed by atoms with Gasteiger partial charge in [0.1, 0.15) is 12.1 Å². The zero-order valence-corrected chi connectivity index (χ0v) is 18.9. The molecule has 1 saturated heterocycles. The Kier molecular flexibility index (Phi) is 5.79. The van der Waals surface area contributed by atoms with Crippen LogP contribution in [-0.4, -0.2) is 41.0 Å². The minimum absolute atomic E-state index is 0.484. The molecular formula is C26H26ClN5. The van der Waals surface area contributed by atoms with Gasteiger partial charge in [0.2, 0.25) is 0 Å². The third kappa shape index (κ3) is 3.95. The summed E-state index contributed by atoms with van der Waals surface area (Å²) in [5.74, 6) is 0.484. The molecule has 1 fully saturated rings. The number of anilines is 1. The van der Waals surface area contributed by atoms with Crippen LogP contribution in [0.2, 0.25) is 5.02 Å². The van der Waals surface area contributed by atoms with E-state index in [1.165, 1.54) is 17.5 Å². The highest BCUT2D eigenvalue weighted by Gasteiger charge is 2.17. The van der Waals surface area contributed by atoms with Gasteiger partial charge in [0.15, 0.2) is 0 Å². The lowest BCUT2D eigenvalue weighted by atomic mass is 9.91. The maximum absolute atomic E-state index is 6.47. The lowest BCUT2D eigenvalue weighted by molar-refractivity contribution is 0.233. The number of nitrogens with zero attached hydrogens (tertiary/aromatic N) is 3. The first-order valence-electron chi connectivity index (χ1n) is 10.9. The molecule has 0 aliphatic carbocycles. The van der Waals surface area contributed by atoms with Gasteiger partial charge < -0.3 is 11.1 Å². The summed E-state index contributed by atoms with van der Waals surface area (Å²) >= 11 is 6.47. The van der Waals surface area contributed by atoms with Gasteiger partial charge in [-0.15, -0.1) is 0 Å². The lowest BCUT2D eigenvalue weighted by Gasteiger charge is -2.28. The highest BCUT2D eigenvalue weighted by Crippen LogP contribution is 2.38. The fraction of sp³-hybridized carbons (Fsp3) is 0.231. The first-order chi connectivity index (χ1) is 15.6. The summed E-state index contributed by atoms with van der Waals surface area (Å²) in [7, 11) is 0. The largest absolute Gasteiger partial charge is 0.383 e. The fourth-order valence-electron chi connectivity index (χ4n) is 4.50. The van der Waals surface area contributed by atoms with Gasteiger partial charge in [0.05, 0.1) is 5.52 Å². The van der Waals surface area contributed by atoms with E-state index < -0.39 is 0 Å². The molecule has 3 aromatic carbocycles. The first kappa shape index (κ1) is 20.9. The molecule has 3 N–H and O–H groups in total. The summed E-state index contributed by atoms with van der Waals surface area (Å²) < 4.78 is 0. The zero-order chi connectivity index (χ0) is 22.1. The van der Waals surface area contributed by atoms with Gasteiger partial charge in [0.25, 0.3) is 0 Å². The van der Waals surface area contributed by atoms with Crippen LogP contribution in [0.1, 0.15) is 11.1 Å². The summed E-state index contributed by atoms with van der Waals surface area (Å²) in [5.41, 5.74) is 13.9. The van der Waals surface area contributed by atoms with Gasteiger partial charge in [-0.1, -0.05) is 48.0 Å². The monoisotopic (exact) mass is 443 g/mol. The summed E-state index contributed by atoms with van der Waals surface area (Å²) in [5, 5.41) is 5.02. The van der Waals surface area contributed by atoms with Gasteiger partial charge in [-0.3, -0.25) is 4.90 Å². The highest BCUT2D eigenvalue weighted by atomic mass is 35.5. The van der Waals surface area contributed by atoms with Crippen molar-refractivity contribution in [2.75, 3.05) is 31.9 Å². The number of hydrogen-bond donors (Lipinski definition) is 2. The quantitative estimate of drug-likeness (QED) is 0.469. The number of halogens is 1. The van der Waals surface area contributed by atoms with E-state index in [-0.39, 0.29) is 0 Å². The van der Waals surface area contributed by atoms with Crippen molar-refractivity contribution in [1.29, 1.82) is 0 Å². The Balaban J connectivity index is 1.70. The fourth-order valence-corrected chi connectivity index (χ4v) is 4.67. The van der Waals surface area contributed by atoms with Crippen LogP contribution in [0.25, 0.3) is 33.2 Å². The molecule has 6 heteroatoms. The summed E-state index contributed by atoms with van der Waals surface area (Å²) in [6.45, 7) is 7.13. The molecule has 0 saturated carbocycles. The SMILES string of the molecule is Cc1c(Cl)cccc1-c1cc(-c2ccccc2CN2CCNCC2)cc2c(N)ncnc12. The van der Waals surface area contributed by atoms with E-state index >= 15 is 0 Å². The molecule has 0 bridgehead atoms. The smallest absolute Gasteiger partial charge is 0.134 e. The maximum atomic E-state index is 6.47. The second-order valence-corrected chi connectivity index (χ2v) is 8.68. The van der Waals surface area contributed by atoms with Crippen molar-refractivity contribution in [3.63, 3.8) is 0 Å². The number of aromatic nitrogens is 2. The second kappa shape index (κ2) is 8.87. The van der Waals surface area contributed by atoms with Gasteiger partial charge in [0, 0.05) is 48.7 Å². The number of fused-ring (bicyclic) bond motifs is 1. The predicted octanol–water partition coefficient (Wildman–Crippen LogP) is 4.91. The van der Waals surface area contributed by atoms with E-state index in [0.29, 0.717) is 5.82 Å². The molecule has 2 heterocycles. The molecule has 162 valence electrons. The molecule has 0 radical (unpaired) electrons. The molecule has 1 aromatic heterocycles. The minimum Gasteiger partial charge on any atom is -0.383 e. The van der Waals surface area contributed by atoms with Crippen molar-refractivity contribution in [3.05, 3.63) is 77.1 Å². The topological polar surface area (TPSA) is 67.1 Å². The van der Waals surface area contributed by atoms with Crippen LogP contribution < -0.4 is 11.1 Å². The average Bonchev–Trinajstić information content (AvgIpc) is 2.82. The Hall–Kier alpha value is -2.99. The molecule has 0 amide bonds. The van der Waals surface area contributed by atoms with Crippen LogP contribution in [0.3, 0.4) is 0 Å². The third-order valence-electron chi connectivity index (χ3n) is 6.26. The summed E-state index contributed by atoms with van der Waals surface area (Å²) in [6.07, 6.45) is 1.53. The molecule has 0 spiro atoms. The van der Waals surface area contributed by atoms with Gasteiger partial charge in [-0.05, 0) is 52.9 Å². The standard InChI is InChI=1S/C26H26ClN5/c1-17-20(7-4-8-24(17)27)22-13-19(14-23-25(22)30-16-31-26(23)28)21-6-3-2-5-18(21)15-32-11-9-29-10-12-32/h2-8,13-14,16,29H,9-12,15H2,1H3,(H2,28,30,31). The van der Waals surface area contributed by atoms with Gasteiger partial charge >= 0.3 is 0 Å². The van der Waals surface area contributed by atoms with E-state index in [2.05, 4.69) is 62.6 Å². The van der Waals surface area contributed by atoms with E-state index in [0.717, 1.165) is 70.9 Å². The van der Waals surface area contributed by atoms with E-state index in [9.17, 15) is 0 Å². The molecule has 1 aliphatic rings. The molecule has 5 rings (SSSR count). The molecule has 0 unspecified atom stereocenters. The Morgan fingerprint density at radius 2 is 1.75 bits per heavy atom. The zero-order valence-electron chi connectivity index (χ0n) is 18.1. The maximum Gasteiger partial charge on any atom is 0.134 e. The van der Waals surface area contributed by atoms with Crippen molar-refractivity contribution in [1.82, 2.24) is 20.2 Å². The van der Waals surface area contributed by atoms with Crippen LogP contribution in [0.5, 0.6) is 0 Å².